The normalized spacial score (nSPS) is 10.3. The Morgan fingerprint density at radius 2 is 1.36 bits per heavy atom. The summed E-state index contributed by atoms with van der Waals surface area (Å²) >= 11 is 0. The van der Waals surface area contributed by atoms with Crippen LogP contribution in [0.1, 0.15) is 70.2 Å². The van der Waals surface area contributed by atoms with Crippen molar-refractivity contribution in [3.05, 3.63) is 12.2 Å². The van der Waals surface area contributed by atoms with Crippen molar-refractivity contribution in [3.63, 3.8) is 0 Å². The third kappa shape index (κ3) is 20.1. The number of methoxy groups -OCH3 is 1. The van der Waals surface area contributed by atoms with Gasteiger partial charge in [0.05, 0.1) is 24.5 Å². The van der Waals surface area contributed by atoms with Crippen LogP contribution < -0.4 is 0 Å². The Kier molecular flexibility index (Phi) is 34.2. The van der Waals surface area contributed by atoms with E-state index in [2.05, 4.69) is 11.3 Å². The molecular weight excluding hydrogens is 324 g/mol. The second-order valence-corrected chi connectivity index (χ2v) is 4.66. The molecule has 0 saturated carbocycles. The van der Waals surface area contributed by atoms with Gasteiger partial charge in [0.1, 0.15) is 6.61 Å². The molecule has 0 aromatic heterocycles. The smallest absolute Gasteiger partial charge is 0.336 e. The van der Waals surface area contributed by atoms with E-state index in [1.807, 2.05) is 13.8 Å². The second kappa shape index (κ2) is 22.1. The summed E-state index contributed by atoms with van der Waals surface area (Å²) in [6.07, 6.45) is 1.43. The Bertz CT molecular complexity index is 363. The molecular formula is C19H42O6. The summed E-state index contributed by atoms with van der Waals surface area (Å²) in [4.78, 5) is 32.0. The molecule has 0 heterocycles. The number of carbonyl (C=O) groups is 3. The lowest BCUT2D eigenvalue weighted by atomic mass is 10.1. The molecule has 6 heteroatoms. The van der Waals surface area contributed by atoms with Crippen molar-refractivity contribution in [3.8, 4) is 0 Å². The lowest BCUT2D eigenvalue weighted by Gasteiger charge is -2.09. The summed E-state index contributed by atoms with van der Waals surface area (Å²) in [5.41, 5.74) is 0.143. The van der Waals surface area contributed by atoms with Gasteiger partial charge in [0.15, 0.2) is 0 Å². The van der Waals surface area contributed by atoms with Crippen molar-refractivity contribution >= 4 is 17.9 Å². The first-order valence-electron chi connectivity index (χ1n) is 6.86. The molecule has 0 bridgehead atoms. The Morgan fingerprint density at radius 3 is 1.60 bits per heavy atom. The van der Waals surface area contributed by atoms with Gasteiger partial charge in [-0.3, -0.25) is 9.59 Å². The van der Waals surface area contributed by atoms with Crippen molar-refractivity contribution in [2.24, 2.45) is 11.8 Å². The van der Waals surface area contributed by atoms with E-state index in [0.29, 0.717) is 6.42 Å². The van der Waals surface area contributed by atoms with Gasteiger partial charge in [0.2, 0.25) is 0 Å². The van der Waals surface area contributed by atoms with Gasteiger partial charge in [0.25, 0.3) is 0 Å². The molecule has 0 radical (unpaired) electrons. The first-order valence-corrected chi connectivity index (χ1v) is 6.86. The number of carboxylic acid groups (broad SMARTS) is 1. The average molecular weight is 367 g/mol. The number of carbonyl (C=O) groups excluding carboxylic acids is 2. The zero-order valence-electron chi connectivity index (χ0n) is 13.5. The third-order valence-electron chi connectivity index (χ3n) is 2.91. The molecule has 154 valence electrons. The molecule has 0 aromatic carbocycles. The topological polar surface area (TPSA) is 89.9 Å². The SMILES string of the molecule is C.C.C.C.C=C(COC(=O)C(C)CC)C(=O)OC.CCC(C)C(=O)O. The van der Waals surface area contributed by atoms with E-state index < -0.39 is 11.9 Å². The van der Waals surface area contributed by atoms with Gasteiger partial charge < -0.3 is 14.6 Å². The Hall–Kier alpha value is -1.85. The molecule has 0 aliphatic rings. The predicted molar refractivity (Wildman–Crippen MR) is 106 cm³/mol. The van der Waals surface area contributed by atoms with Gasteiger partial charge in [-0.1, -0.05) is 64.0 Å². The first kappa shape index (κ1) is 38.6. The van der Waals surface area contributed by atoms with Crippen molar-refractivity contribution < 1.29 is 29.0 Å². The lowest BCUT2D eigenvalue weighted by molar-refractivity contribution is -0.148. The fraction of sp³-hybridized carbons (Fsp3) is 0.737. The molecule has 2 unspecified atom stereocenters. The van der Waals surface area contributed by atoms with Gasteiger partial charge in [-0.25, -0.2) is 4.79 Å². The molecule has 0 aliphatic heterocycles. The number of rotatable bonds is 7. The summed E-state index contributed by atoms with van der Waals surface area (Å²) in [7, 11) is 1.25. The highest BCUT2D eigenvalue weighted by atomic mass is 16.5. The summed E-state index contributed by atoms with van der Waals surface area (Å²) in [5, 5.41) is 8.18. The molecule has 0 aromatic rings. The second-order valence-electron chi connectivity index (χ2n) is 4.66. The van der Waals surface area contributed by atoms with Crippen LogP contribution in [-0.2, 0) is 23.9 Å². The minimum absolute atomic E-state index is 0. The van der Waals surface area contributed by atoms with Crippen molar-refractivity contribution in [2.75, 3.05) is 13.7 Å². The van der Waals surface area contributed by atoms with Crippen LogP contribution in [0.5, 0.6) is 0 Å². The summed E-state index contributed by atoms with van der Waals surface area (Å²) in [6.45, 7) is 10.5. The minimum atomic E-state index is -0.706. The number of carboxylic acids is 1. The molecule has 0 amide bonds. The average Bonchev–Trinajstić information content (AvgIpc) is 2.49. The quantitative estimate of drug-likeness (QED) is 0.505. The van der Waals surface area contributed by atoms with Crippen molar-refractivity contribution in [2.45, 2.75) is 70.2 Å². The summed E-state index contributed by atoms with van der Waals surface area (Å²) < 4.78 is 9.24. The van der Waals surface area contributed by atoms with E-state index in [1.54, 1.807) is 13.8 Å². The Labute approximate surface area is 155 Å². The largest absolute Gasteiger partial charge is 0.481 e. The fourth-order valence-corrected chi connectivity index (χ4v) is 0.845. The third-order valence-corrected chi connectivity index (χ3v) is 2.91. The molecule has 25 heavy (non-hydrogen) atoms. The van der Waals surface area contributed by atoms with Crippen LogP contribution in [0.2, 0.25) is 0 Å². The van der Waals surface area contributed by atoms with Gasteiger partial charge in [-0.15, -0.1) is 0 Å². The van der Waals surface area contributed by atoms with Crippen LogP contribution in [0.4, 0.5) is 0 Å². The zero-order chi connectivity index (χ0) is 17.0. The zero-order valence-corrected chi connectivity index (χ0v) is 13.5. The highest BCUT2D eigenvalue weighted by molar-refractivity contribution is 5.88. The maximum Gasteiger partial charge on any atom is 0.336 e. The highest BCUT2D eigenvalue weighted by Gasteiger charge is 2.14. The maximum absolute atomic E-state index is 11.2. The molecule has 1 N–H and O–H groups in total. The van der Waals surface area contributed by atoms with Crippen LogP contribution in [0, 0.1) is 11.8 Å². The number of hydrogen-bond donors (Lipinski definition) is 1. The molecule has 2 atom stereocenters. The highest BCUT2D eigenvalue weighted by Crippen LogP contribution is 2.05. The lowest BCUT2D eigenvalue weighted by Crippen LogP contribution is -2.18. The van der Waals surface area contributed by atoms with Gasteiger partial charge in [-0.05, 0) is 12.8 Å². The molecule has 0 spiro atoms. The molecule has 0 aliphatic carbocycles. The van der Waals surface area contributed by atoms with E-state index in [0.717, 1.165) is 6.42 Å². The minimum Gasteiger partial charge on any atom is -0.481 e. The fourth-order valence-electron chi connectivity index (χ4n) is 0.845. The van der Waals surface area contributed by atoms with Gasteiger partial charge in [-0.2, -0.15) is 0 Å². The van der Waals surface area contributed by atoms with Crippen molar-refractivity contribution in [1.29, 1.82) is 0 Å². The van der Waals surface area contributed by atoms with Gasteiger partial charge >= 0.3 is 17.9 Å². The van der Waals surface area contributed by atoms with Crippen LogP contribution in [-0.4, -0.2) is 36.7 Å². The van der Waals surface area contributed by atoms with E-state index in [-0.39, 0.29) is 59.7 Å². The molecule has 6 nitrogen and oxygen atoms in total. The standard InChI is InChI=1S/C10H16O4.C5H10O2.4CH4/c1-5-7(2)10(12)14-6-8(3)9(11)13-4;1-3-4(2)5(6)7;;;;/h7H,3,5-6H2,1-2,4H3;4H,3H2,1-2H3,(H,6,7);4*1H4. The van der Waals surface area contributed by atoms with E-state index in [1.165, 1.54) is 7.11 Å². The number of hydrogen-bond acceptors (Lipinski definition) is 5. The monoisotopic (exact) mass is 366 g/mol. The van der Waals surface area contributed by atoms with Crippen LogP contribution in [0.15, 0.2) is 12.2 Å². The molecule has 0 rings (SSSR count). The van der Waals surface area contributed by atoms with E-state index >= 15 is 0 Å². The Morgan fingerprint density at radius 1 is 0.960 bits per heavy atom. The number of ether oxygens (including phenoxy) is 2. The molecule has 0 fully saturated rings. The van der Waals surface area contributed by atoms with E-state index in [4.69, 9.17) is 9.84 Å². The molecule has 0 saturated heterocycles. The maximum atomic E-state index is 11.2. The van der Waals surface area contributed by atoms with Crippen molar-refractivity contribution in [1.82, 2.24) is 0 Å². The van der Waals surface area contributed by atoms with Crippen LogP contribution in [0.3, 0.4) is 0 Å². The van der Waals surface area contributed by atoms with Crippen LogP contribution in [0.25, 0.3) is 0 Å². The van der Waals surface area contributed by atoms with Crippen LogP contribution >= 0.6 is 0 Å². The first-order chi connectivity index (χ1) is 9.70. The number of aliphatic carboxylic acids is 1. The number of esters is 2. The van der Waals surface area contributed by atoms with E-state index in [9.17, 15) is 14.4 Å². The summed E-state index contributed by atoms with van der Waals surface area (Å²) in [5.74, 6) is -1.91. The van der Waals surface area contributed by atoms with Gasteiger partial charge in [0, 0.05) is 0 Å². The predicted octanol–water partition coefficient (Wildman–Crippen LogP) is 4.97. The summed E-state index contributed by atoms with van der Waals surface area (Å²) in [6, 6.07) is 0. The Balaban J connectivity index is -0.0000000720.